The highest BCUT2D eigenvalue weighted by Crippen LogP contribution is 1.93. The summed E-state index contributed by atoms with van der Waals surface area (Å²) in [6.07, 6.45) is 4.83. The molecule has 5 heteroatoms. The van der Waals surface area contributed by atoms with Crippen molar-refractivity contribution in [1.29, 1.82) is 0 Å². The number of aromatic nitrogens is 1. The highest BCUT2D eigenvalue weighted by molar-refractivity contribution is 9.09. The SMILES string of the molecule is O=C(NCCCCBr)c1c[nH]ccc1=O. The van der Waals surface area contributed by atoms with Gasteiger partial charge in [-0.15, -0.1) is 0 Å². The molecule has 4 nitrogen and oxygen atoms in total. The Balaban J connectivity index is 2.48. The van der Waals surface area contributed by atoms with Crippen molar-refractivity contribution in [1.82, 2.24) is 10.3 Å². The van der Waals surface area contributed by atoms with Gasteiger partial charge in [0.2, 0.25) is 0 Å². The number of pyridine rings is 1. The fraction of sp³-hybridized carbons (Fsp3) is 0.400. The molecular weight excluding hydrogens is 260 g/mol. The first-order valence-electron chi connectivity index (χ1n) is 4.77. The minimum absolute atomic E-state index is 0.163. The summed E-state index contributed by atoms with van der Waals surface area (Å²) in [6.45, 7) is 0.596. The number of carbonyl (C=O) groups is 1. The first-order valence-corrected chi connectivity index (χ1v) is 5.89. The number of aromatic amines is 1. The largest absolute Gasteiger partial charge is 0.367 e. The normalized spacial score (nSPS) is 9.93. The fourth-order valence-corrected chi connectivity index (χ4v) is 1.51. The van der Waals surface area contributed by atoms with Crippen LogP contribution in [-0.4, -0.2) is 22.8 Å². The van der Waals surface area contributed by atoms with Crippen LogP contribution in [0.1, 0.15) is 23.2 Å². The zero-order valence-corrected chi connectivity index (χ0v) is 9.84. The second kappa shape index (κ2) is 6.40. The number of unbranched alkanes of at least 4 members (excludes halogenated alkanes) is 1. The van der Waals surface area contributed by atoms with Crippen LogP contribution >= 0.6 is 15.9 Å². The summed E-state index contributed by atoms with van der Waals surface area (Å²) < 4.78 is 0. The molecule has 0 saturated carbocycles. The first-order chi connectivity index (χ1) is 7.25. The number of amides is 1. The van der Waals surface area contributed by atoms with Gasteiger partial charge in [0.15, 0.2) is 5.43 Å². The van der Waals surface area contributed by atoms with Crippen molar-refractivity contribution in [2.24, 2.45) is 0 Å². The molecule has 0 aliphatic rings. The highest BCUT2D eigenvalue weighted by atomic mass is 79.9. The maximum absolute atomic E-state index is 11.5. The molecule has 0 fully saturated rings. The molecule has 0 radical (unpaired) electrons. The molecule has 1 aromatic rings. The van der Waals surface area contributed by atoms with Gasteiger partial charge in [0.25, 0.3) is 5.91 Å². The van der Waals surface area contributed by atoms with Gasteiger partial charge in [-0.25, -0.2) is 0 Å². The smallest absolute Gasteiger partial charge is 0.256 e. The average Bonchev–Trinajstić information content (AvgIpc) is 2.25. The Hall–Kier alpha value is -1.10. The maximum Gasteiger partial charge on any atom is 0.256 e. The molecule has 0 saturated heterocycles. The number of carbonyl (C=O) groups excluding carboxylic acids is 1. The van der Waals surface area contributed by atoms with Crippen LogP contribution in [0.15, 0.2) is 23.3 Å². The summed E-state index contributed by atoms with van der Waals surface area (Å²) >= 11 is 3.31. The van der Waals surface area contributed by atoms with Crippen molar-refractivity contribution in [2.75, 3.05) is 11.9 Å². The number of rotatable bonds is 5. The molecule has 2 N–H and O–H groups in total. The van der Waals surface area contributed by atoms with Gasteiger partial charge < -0.3 is 10.3 Å². The molecule has 1 amide bonds. The molecule has 0 aliphatic heterocycles. The number of nitrogens with one attached hydrogen (secondary N) is 2. The number of hydrogen-bond donors (Lipinski definition) is 2. The molecule has 1 heterocycles. The van der Waals surface area contributed by atoms with Crippen molar-refractivity contribution < 1.29 is 4.79 Å². The third-order valence-corrected chi connectivity index (χ3v) is 2.48. The summed E-state index contributed by atoms with van der Waals surface area (Å²) in [5, 5.41) is 3.62. The van der Waals surface area contributed by atoms with E-state index in [4.69, 9.17) is 0 Å². The lowest BCUT2D eigenvalue weighted by atomic mass is 10.2. The molecule has 82 valence electrons. The molecule has 0 spiro atoms. The van der Waals surface area contributed by atoms with E-state index in [1.54, 1.807) is 0 Å². The van der Waals surface area contributed by atoms with Gasteiger partial charge >= 0.3 is 0 Å². The lowest BCUT2D eigenvalue weighted by molar-refractivity contribution is 0.0952. The van der Waals surface area contributed by atoms with Crippen molar-refractivity contribution in [3.05, 3.63) is 34.2 Å². The van der Waals surface area contributed by atoms with E-state index < -0.39 is 0 Å². The Morgan fingerprint density at radius 2 is 2.27 bits per heavy atom. The van der Waals surface area contributed by atoms with Crippen molar-refractivity contribution >= 4 is 21.8 Å². The topological polar surface area (TPSA) is 62.0 Å². The fourth-order valence-electron chi connectivity index (χ4n) is 1.11. The van der Waals surface area contributed by atoms with Crippen molar-refractivity contribution in [2.45, 2.75) is 12.8 Å². The van der Waals surface area contributed by atoms with Crippen molar-refractivity contribution in [3.8, 4) is 0 Å². The van der Waals surface area contributed by atoms with Crippen LogP contribution in [0.25, 0.3) is 0 Å². The van der Waals surface area contributed by atoms with Gasteiger partial charge in [-0.1, -0.05) is 15.9 Å². The summed E-state index contributed by atoms with van der Waals surface area (Å²) in [7, 11) is 0. The number of alkyl halides is 1. The minimum Gasteiger partial charge on any atom is -0.367 e. The molecule has 1 aromatic heterocycles. The van der Waals surface area contributed by atoms with Crippen LogP contribution < -0.4 is 10.7 Å². The van der Waals surface area contributed by atoms with E-state index in [0.29, 0.717) is 6.54 Å². The lowest BCUT2D eigenvalue weighted by Gasteiger charge is -2.03. The number of halogens is 1. The maximum atomic E-state index is 11.5. The van der Waals surface area contributed by atoms with E-state index in [1.807, 2.05) is 0 Å². The highest BCUT2D eigenvalue weighted by Gasteiger charge is 2.07. The van der Waals surface area contributed by atoms with E-state index in [1.165, 1.54) is 18.5 Å². The zero-order valence-electron chi connectivity index (χ0n) is 8.25. The quantitative estimate of drug-likeness (QED) is 0.627. The van der Waals surface area contributed by atoms with E-state index in [9.17, 15) is 9.59 Å². The van der Waals surface area contributed by atoms with Gasteiger partial charge in [-0.3, -0.25) is 9.59 Å². The van der Waals surface area contributed by atoms with Gasteiger partial charge in [0.05, 0.1) is 0 Å². The Morgan fingerprint density at radius 3 is 2.93 bits per heavy atom. The van der Waals surface area contributed by atoms with Crippen LogP contribution in [0.5, 0.6) is 0 Å². The minimum atomic E-state index is -0.313. The van der Waals surface area contributed by atoms with Gasteiger partial charge in [-0.05, 0) is 12.8 Å². The second-order valence-electron chi connectivity index (χ2n) is 3.07. The Labute approximate surface area is 96.2 Å². The van der Waals surface area contributed by atoms with Crippen molar-refractivity contribution in [3.63, 3.8) is 0 Å². The summed E-state index contributed by atoms with van der Waals surface area (Å²) in [4.78, 5) is 25.5. The standard InChI is InChI=1S/C10H13BrN2O2/c11-4-1-2-5-13-10(15)8-7-12-6-3-9(8)14/h3,6-7H,1-2,4-5H2,(H,12,14)(H,13,15). The van der Waals surface area contributed by atoms with E-state index in [2.05, 4.69) is 26.2 Å². The van der Waals surface area contributed by atoms with E-state index >= 15 is 0 Å². The molecule has 15 heavy (non-hydrogen) atoms. The molecule has 1 rings (SSSR count). The van der Waals surface area contributed by atoms with Gasteiger partial charge in [-0.2, -0.15) is 0 Å². The van der Waals surface area contributed by atoms with Crippen LogP contribution in [-0.2, 0) is 0 Å². The summed E-state index contributed by atoms with van der Waals surface area (Å²) in [6, 6.07) is 1.34. The van der Waals surface area contributed by atoms with Crippen LogP contribution in [0.4, 0.5) is 0 Å². The molecule has 0 unspecified atom stereocenters. The Kier molecular flexibility index (Phi) is 5.10. The second-order valence-corrected chi connectivity index (χ2v) is 3.87. The van der Waals surface area contributed by atoms with E-state index in [-0.39, 0.29) is 16.9 Å². The third-order valence-electron chi connectivity index (χ3n) is 1.91. The monoisotopic (exact) mass is 272 g/mol. The number of H-pyrrole nitrogens is 1. The predicted molar refractivity (Wildman–Crippen MR) is 62.4 cm³/mol. The van der Waals surface area contributed by atoms with E-state index in [0.717, 1.165) is 18.2 Å². The van der Waals surface area contributed by atoms with Crippen LogP contribution in [0.3, 0.4) is 0 Å². The summed E-state index contributed by atoms with van der Waals surface area (Å²) in [5.74, 6) is -0.313. The Bertz CT molecular complexity index is 376. The molecule has 0 aromatic carbocycles. The van der Waals surface area contributed by atoms with Gasteiger partial charge in [0.1, 0.15) is 5.56 Å². The Morgan fingerprint density at radius 1 is 1.47 bits per heavy atom. The average molecular weight is 273 g/mol. The molecule has 0 bridgehead atoms. The first kappa shape index (κ1) is 12.0. The molecular formula is C10H13BrN2O2. The van der Waals surface area contributed by atoms with Gasteiger partial charge in [0, 0.05) is 30.3 Å². The summed E-state index contributed by atoms with van der Waals surface area (Å²) in [5.41, 5.74) is -0.0944. The van der Waals surface area contributed by atoms with Crippen LogP contribution in [0.2, 0.25) is 0 Å². The molecule has 0 aliphatic carbocycles. The number of hydrogen-bond acceptors (Lipinski definition) is 2. The lowest BCUT2D eigenvalue weighted by Crippen LogP contribution is -2.29. The third kappa shape index (κ3) is 3.87. The predicted octanol–water partition coefficient (Wildman–Crippen LogP) is 1.28. The molecule has 0 atom stereocenters. The zero-order chi connectivity index (χ0) is 11.1. The van der Waals surface area contributed by atoms with Crippen LogP contribution in [0, 0.1) is 0 Å².